The molecule has 4 heterocycles. The second-order valence-electron chi connectivity index (χ2n) is 6.82. The topological polar surface area (TPSA) is 84.8 Å². The van der Waals surface area contributed by atoms with Crippen molar-refractivity contribution in [1.82, 2.24) is 15.0 Å². The number of thiophene rings is 2. The van der Waals surface area contributed by atoms with Crippen LogP contribution in [0.5, 0.6) is 0 Å². The van der Waals surface area contributed by atoms with Crippen LogP contribution < -0.4 is 0 Å². The summed E-state index contributed by atoms with van der Waals surface area (Å²) in [5.41, 5.74) is 2.19. The van der Waals surface area contributed by atoms with E-state index in [9.17, 15) is 9.59 Å². The molecule has 0 saturated heterocycles. The summed E-state index contributed by atoms with van der Waals surface area (Å²) in [5, 5.41) is 9.94. The molecule has 0 N–H and O–H groups in total. The number of hydrazone groups is 1. The number of para-hydroxylation sites is 2. The van der Waals surface area contributed by atoms with Crippen LogP contribution in [-0.2, 0) is 9.53 Å². The van der Waals surface area contributed by atoms with E-state index in [-0.39, 0.29) is 17.6 Å². The zero-order valence-corrected chi connectivity index (χ0v) is 17.8. The number of benzene rings is 1. The standard InChI is InChI=1S/C22H16N4O3S2/c27-21(13-29-22(28)17-12-23-14-5-1-2-6-15(14)24-17)26-18(20-8-4-10-31-20)11-16(25-26)19-7-3-9-30-19/h1-10,12,18H,11,13H2. The Hall–Kier alpha value is -3.43. The highest BCUT2D eigenvalue weighted by Gasteiger charge is 2.34. The number of nitrogens with zero attached hydrogens (tertiary/aromatic N) is 4. The average Bonchev–Trinajstić information content (AvgIpc) is 3.57. The zero-order chi connectivity index (χ0) is 21.2. The zero-order valence-electron chi connectivity index (χ0n) is 16.2. The van der Waals surface area contributed by atoms with Crippen LogP contribution in [0.4, 0.5) is 0 Å². The monoisotopic (exact) mass is 448 g/mol. The number of ether oxygens (including phenoxy) is 1. The molecule has 3 aromatic heterocycles. The van der Waals surface area contributed by atoms with Crippen molar-refractivity contribution in [2.75, 3.05) is 6.61 Å². The molecule has 0 saturated carbocycles. The molecule has 1 unspecified atom stereocenters. The average molecular weight is 449 g/mol. The minimum atomic E-state index is -0.694. The van der Waals surface area contributed by atoms with Crippen molar-refractivity contribution in [2.45, 2.75) is 12.5 Å². The fourth-order valence-electron chi connectivity index (χ4n) is 3.36. The van der Waals surface area contributed by atoms with Crippen molar-refractivity contribution in [1.29, 1.82) is 0 Å². The maximum atomic E-state index is 12.9. The number of amides is 1. The molecule has 1 aliphatic rings. The normalized spacial score (nSPS) is 15.8. The van der Waals surface area contributed by atoms with Gasteiger partial charge in [0.1, 0.15) is 0 Å². The van der Waals surface area contributed by atoms with Gasteiger partial charge in [-0.1, -0.05) is 24.3 Å². The van der Waals surface area contributed by atoms with Crippen molar-refractivity contribution in [3.05, 3.63) is 80.9 Å². The van der Waals surface area contributed by atoms with E-state index in [0.29, 0.717) is 17.5 Å². The van der Waals surface area contributed by atoms with Gasteiger partial charge in [0.25, 0.3) is 5.91 Å². The van der Waals surface area contributed by atoms with Crippen molar-refractivity contribution in [2.24, 2.45) is 5.10 Å². The summed E-state index contributed by atoms with van der Waals surface area (Å²) < 4.78 is 5.25. The fourth-order valence-corrected chi connectivity index (χ4v) is 4.89. The lowest BCUT2D eigenvalue weighted by Crippen LogP contribution is -2.31. The SMILES string of the molecule is O=C(OCC(=O)N1N=C(c2cccs2)CC1c1cccs1)c1cnc2ccccc2n1. The highest BCUT2D eigenvalue weighted by atomic mass is 32.1. The van der Waals surface area contributed by atoms with E-state index in [1.807, 2.05) is 53.2 Å². The van der Waals surface area contributed by atoms with Crippen LogP contribution in [-0.4, -0.2) is 39.2 Å². The lowest BCUT2D eigenvalue weighted by molar-refractivity contribution is -0.136. The lowest BCUT2D eigenvalue weighted by atomic mass is 10.1. The van der Waals surface area contributed by atoms with E-state index in [4.69, 9.17) is 4.74 Å². The number of rotatable bonds is 5. The third kappa shape index (κ3) is 3.97. The Bertz CT molecular complexity index is 1270. The molecule has 9 heteroatoms. The number of hydrogen-bond donors (Lipinski definition) is 0. The number of fused-ring (bicyclic) bond motifs is 1. The molecule has 1 amide bonds. The quantitative estimate of drug-likeness (QED) is 0.425. The van der Waals surface area contributed by atoms with Crippen LogP contribution >= 0.6 is 22.7 Å². The van der Waals surface area contributed by atoms with E-state index in [2.05, 4.69) is 15.1 Å². The van der Waals surface area contributed by atoms with Gasteiger partial charge in [-0.05, 0) is 35.0 Å². The number of hydrogen-bond acceptors (Lipinski definition) is 8. The summed E-state index contributed by atoms with van der Waals surface area (Å²) in [6, 6.07) is 14.9. The smallest absolute Gasteiger partial charge is 0.359 e. The maximum Gasteiger partial charge on any atom is 0.359 e. The maximum absolute atomic E-state index is 12.9. The minimum Gasteiger partial charge on any atom is -0.451 e. The van der Waals surface area contributed by atoms with Gasteiger partial charge in [0, 0.05) is 11.3 Å². The molecule has 0 radical (unpaired) electrons. The largest absolute Gasteiger partial charge is 0.451 e. The van der Waals surface area contributed by atoms with E-state index in [1.165, 1.54) is 11.2 Å². The van der Waals surface area contributed by atoms with Gasteiger partial charge in [-0.25, -0.2) is 14.8 Å². The first-order valence-corrected chi connectivity index (χ1v) is 11.3. The third-order valence-electron chi connectivity index (χ3n) is 4.83. The van der Waals surface area contributed by atoms with Crippen LogP contribution in [0.2, 0.25) is 0 Å². The molecule has 0 aliphatic carbocycles. The molecule has 1 aromatic carbocycles. The Balaban J connectivity index is 1.32. The van der Waals surface area contributed by atoms with Gasteiger partial charge in [0.2, 0.25) is 0 Å². The van der Waals surface area contributed by atoms with Crippen molar-refractivity contribution in [3.8, 4) is 0 Å². The molecule has 5 rings (SSSR count). The Kier molecular flexibility index (Phi) is 5.27. The Morgan fingerprint density at radius 1 is 1.03 bits per heavy atom. The summed E-state index contributed by atoms with van der Waals surface area (Å²) >= 11 is 3.16. The van der Waals surface area contributed by atoms with Gasteiger partial charge in [0.05, 0.1) is 33.9 Å². The van der Waals surface area contributed by atoms with Crippen LogP contribution in [0, 0.1) is 0 Å². The molecule has 154 valence electrons. The molecule has 1 aliphatic heterocycles. The first-order chi connectivity index (χ1) is 15.2. The van der Waals surface area contributed by atoms with Crippen LogP contribution in [0.25, 0.3) is 11.0 Å². The number of carbonyl (C=O) groups excluding carboxylic acids is 2. The highest BCUT2D eigenvalue weighted by molar-refractivity contribution is 7.12. The van der Waals surface area contributed by atoms with E-state index < -0.39 is 12.6 Å². The second-order valence-corrected chi connectivity index (χ2v) is 8.74. The highest BCUT2D eigenvalue weighted by Crippen LogP contribution is 2.35. The molecule has 0 spiro atoms. The van der Waals surface area contributed by atoms with Gasteiger partial charge in [-0.3, -0.25) is 9.78 Å². The minimum absolute atomic E-state index is 0.0607. The predicted molar refractivity (Wildman–Crippen MR) is 119 cm³/mol. The second kappa shape index (κ2) is 8.37. The molecule has 31 heavy (non-hydrogen) atoms. The molecule has 1 atom stereocenters. The van der Waals surface area contributed by atoms with Gasteiger partial charge in [0.15, 0.2) is 12.3 Å². The van der Waals surface area contributed by atoms with Gasteiger partial charge >= 0.3 is 5.97 Å². The van der Waals surface area contributed by atoms with Gasteiger partial charge in [-0.2, -0.15) is 5.10 Å². The Labute approximate surface area is 185 Å². The summed E-state index contributed by atoms with van der Waals surface area (Å²) in [6.07, 6.45) is 1.98. The molecular formula is C22H16N4O3S2. The van der Waals surface area contributed by atoms with Crippen LogP contribution in [0.3, 0.4) is 0 Å². The number of esters is 1. The lowest BCUT2D eigenvalue weighted by Gasteiger charge is -2.20. The van der Waals surface area contributed by atoms with Crippen molar-refractivity contribution >= 4 is 51.3 Å². The fraction of sp³-hybridized carbons (Fsp3) is 0.136. The summed E-state index contributed by atoms with van der Waals surface area (Å²) in [4.78, 5) is 35.9. The van der Waals surface area contributed by atoms with E-state index in [1.54, 1.807) is 28.7 Å². The first kappa shape index (κ1) is 19.5. The molecule has 0 bridgehead atoms. The molecule has 4 aromatic rings. The van der Waals surface area contributed by atoms with Crippen molar-refractivity contribution in [3.63, 3.8) is 0 Å². The third-order valence-corrected chi connectivity index (χ3v) is 6.72. The van der Waals surface area contributed by atoms with Gasteiger partial charge in [-0.15, -0.1) is 22.7 Å². The van der Waals surface area contributed by atoms with Crippen LogP contribution in [0.15, 0.2) is 70.6 Å². The molecule has 7 nitrogen and oxygen atoms in total. The number of aromatic nitrogens is 2. The van der Waals surface area contributed by atoms with Gasteiger partial charge < -0.3 is 4.74 Å². The number of carbonyl (C=O) groups is 2. The van der Waals surface area contributed by atoms with E-state index >= 15 is 0 Å². The first-order valence-electron chi connectivity index (χ1n) is 9.55. The predicted octanol–water partition coefficient (Wildman–Crippen LogP) is 4.29. The van der Waals surface area contributed by atoms with Crippen LogP contribution in [0.1, 0.15) is 32.7 Å². The summed E-state index contributed by atoms with van der Waals surface area (Å²) in [6.45, 7) is -0.420. The molecular weight excluding hydrogens is 432 g/mol. The summed E-state index contributed by atoms with van der Waals surface area (Å²) in [7, 11) is 0. The van der Waals surface area contributed by atoms with E-state index in [0.717, 1.165) is 15.5 Å². The Morgan fingerprint density at radius 2 is 1.84 bits per heavy atom. The summed E-state index contributed by atoms with van der Waals surface area (Å²) in [5.74, 6) is -1.08. The molecule has 0 fully saturated rings. The Morgan fingerprint density at radius 3 is 2.61 bits per heavy atom. The van der Waals surface area contributed by atoms with Crippen molar-refractivity contribution < 1.29 is 14.3 Å².